The quantitative estimate of drug-likeness (QED) is 0.668. The topological polar surface area (TPSA) is 50.3 Å². The summed E-state index contributed by atoms with van der Waals surface area (Å²) >= 11 is 1.75. The molecule has 0 saturated carbocycles. The first-order valence-electron chi connectivity index (χ1n) is 9.78. The molecule has 3 heterocycles. The number of fused-ring (bicyclic) bond motifs is 2. The first kappa shape index (κ1) is 17.8. The predicted octanol–water partition coefficient (Wildman–Crippen LogP) is 3.87. The fourth-order valence-corrected chi connectivity index (χ4v) is 4.69. The summed E-state index contributed by atoms with van der Waals surface area (Å²) in [6.07, 6.45) is 5.73. The number of thioether (sulfide) groups is 1. The molecule has 0 radical (unpaired) electrons. The molecule has 6 heteroatoms. The van der Waals surface area contributed by atoms with Crippen molar-refractivity contribution in [3.05, 3.63) is 54.4 Å². The minimum atomic E-state index is -0.142. The Hall–Kier alpha value is -2.31. The van der Waals surface area contributed by atoms with Crippen LogP contribution in [0.15, 0.2) is 53.7 Å². The van der Waals surface area contributed by atoms with E-state index in [1.165, 1.54) is 10.5 Å². The van der Waals surface area contributed by atoms with Crippen molar-refractivity contribution in [1.82, 2.24) is 15.3 Å². The Morgan fingerprint density at radius 1 is 1.11 bits per heavy atom. The van der Waals surface area contributed by atoms with Gasteiger partial charge in [0.15, 0.2) is 0 Å². The summed E-state index contributed by atoms with van der Waals surface area (Å²) in [5.74, 6) is 2.07. The summed E-state index contributed by atoms with van der Waals surface area (Å²) < 4.78 is 6.57. The zero-order valence-corrected chi connectivity index (χ0v) is 16.8. The minimum Gasteiger partial charge on any atom is -0.485 e. The molecule has 28 heavy (non-hydrogen) atoms. The van der Waals surface area contributed by atoms with E-state index in [9.17, 15) is 0 Å². The average molecular weight is 393 g/mol. The van der Waals surface area contributed by atoms with Crippen molar-refractivity contribution in [2.24, 2.45) is 0 Å². The van der Waals surface area contributed by atoms with E-state index in [0.29, 0.717) is 0 Å². The number of aromatic nitrogens is 2. The average Bonchev–Trinajstić information content (AvgIpc) is 2.92. The molecule has 1 N–H and O–H groups in total. The number of anilines is 1. The molecule has 0 amide bonds. The Balaban J connectivity index is 1.40. The fraction of sp³-hybridized carbons (Fsp3) is 0.364. The summed E-state index contributed by atoms with van der Waals surface area (Å²) in [5.41, 5.74) is 2.11. The molecule has 1 saturated heterocycles. The normalized spacial score (nSPS) is 18.5. The number of nitrogens with one attached hydrogen (secondary N) is 1. The minimum absolute atomic E-state index is 0.142. The molecule has 0 bridgehead atoms. The molecule has 5 rings (SSSR count). The Bertz CT molecular complexity index is 1000. The summed E-state index contributed by atoms with van der Waals surface area (Å²) in [6.45, 7) is 3.62. The molecule has 2 aromatic carbocycles. The molecule has 0 aliphatic carbocycles. The number of piperidine rings is 1. The second kappa shape index (κ2) is 7.26. The van der Waals surface area contributed by atoms with Gasteiger partial charge in [-0.05, 0) is 30.5 Å². The van der Waals surface area contributed by atoms with Gasteiger partial charge in [-0.2, -0.15) is 0 Å². The summed E-state index contributed by atoms with van der Waals surface area (Å²) in [6, 6.07) is 14.8. The van der Waals surface area contributed by atoms with Crippen LogP contribution in [0.25, 0.3) is 10.9 Å². The van der Waals surface area contributed by atoms with E-state index >= 15 is 0 Å². The summed E-state index contributed by atoms with van der Waals surface area (Å²) in [5, 5.41) is 4.73. The third kappa shape index (κ3) is 3.20. The van der Waals surface area contributed by atoms with Crippen LogP contribution in [0.2, 0.25) is 0 Å². The molecule has 1 fully saturated rings. The Morgan fingerprint density at radius 3 is 2.82 bits per heavy atom. The van der Waals surface area contributed by atoms with Gasteiger partial charge < -0.3 is 15.0 Å². The molecular weight excluding hydrogens is 368 g/mol. The van der Waals surface area contributed by atoms with E-state index in [-0.39, 0.29) is 5.60 Å². The first-order chi connectivity index (χ1) is 13.8. The highest BCUT2D eigenvalue weighted by atomic mass is 32.2. The van der Waals surface area contributed by atoms with Gasteiger partial charge in [-0.3, -0.25) is 0 Å². The van der Waals surface area contributed by atoms with Crippen molar-refractivity contribution in [2.75, 3.05) is 30.8 Å². The van der Waals surface area contributed by atoms with Crippen molar-refractivity contribution in [1.29, 1.82) is 0 Å². The van der Waals surface area contributed by atoms with Crippen LogP contribution >= 0.6 is 11.8 Å². The van der Waals surface area contributed by atoms with Crippen molar-refractivity contribution < 1.29 is 4.74 Å². The predicted molar refractivity (Wildman–Crippen MR) is 114 cm³/mol. The number of benzene rings is 2. The monoisotopic (exact) mass is 392 g/mol. The largest absolute Gasteiger partial charge is 0.485 e. The van der Waals surface area contributed by atoms with E-state index in [1.807, 2.05) is 0 Å². The zero-order chi connectivity index (χ0) is 19.0. The number of hydrogen-bond acceptors (Lipinski definition) is 6. The molecule has 144 valence electrons. The van der Waals surface area contributed by atoms with Gasteiger partial charge in [0.1, 0.15) is 23.5 Å². The van der Waals surface area contributed by atoms with Crippen LogP contribution < -0.4 is 15.0 Å². The Morgan fingerprint density at radius 2 is 1.96 bits per heavy atom. The standard InChI is InChI=1S/C22H24N4OS/c1-28-17-6-7-19-18(12-17)21(25-15-24-19)26-10-8-22(9-11-26)14-23-13-16-4-2-3-5-20(16)27-22/h2-7,12,15,23H,8-11,13-14H2,1H3. The van der Waals surface area contributed by atoms with Gasteiger partial charge in [-0.1, -0.05) is 18.2 Å². The fourth-order valence-electron chi connectivity index (χ4n) is 4.25. The molecule has 1 aromatic heterocycles. The van der Waals surface area contributed by atoms with E-state index < -0.39 is 0 Å². The lowest BCUT2D eigenvalue weighted by Crippen LogP contribution is -2.52. The molecular formula is C22H24N4OS. The van der Waals surface area contributed by atoms with Crippen molar-refractivity contribution >= 4 is 28.5 Å². The van der Waals surface area contributed by atoms with Crippen LogP contribution in [-0.4, -0.2) is 41.5 Å². The van der Waals surface area contributed by atoms with Crippen LogP contribution in [0, 0.1) is 0 Å². The lowest BCUT2D eigenvalue weighted by molar-refractivity contribution is 0.0482. The van der Waals surface area contributed by atoms with E-state index in [4.69, 9.17) is 4.74 Å². The highest BCUT2D eigenvalue weighted by molar-refractivity contribution is 7.98. The molecule has 5 nitrogen and oxygen atoms in total. The first-order valence-corrected chi connectivity index (χ1v) is 11.0. The lowest BCUT2D eigenvalue weighted by atomic mass is 9.90. The van der Waals surface area contributed by atoms with Gasteiger partial charge in [-0.25, -0.2) is 9.97 Å². The van der Waals surface area contributed by atoms with Crippen LogP contribution in [0.4, 0.5) is 5.82 Å². The third-order valence-electron chi connectivity index (χ3n) is 5.86. The van der Waals surface area contributed by atoms with Crippen LogP contribution in [0.1, 0.15) is 18.4 Å². The lowest BCUT2D eigenvalue weighted by Gasteiger charge is -2.41. The van der Waals surface area contributed by atoms with E-state index in [2.05, 4.69) is 68.9 Å². The molecule has 3 aromatic rings. The van der Waals surface area contributed by atoms with Crippen molar-refractivity contribution in [2.45, 2.75) is 29.9 Å². The van der Waals surface area contributed by atoms with Gasteiger partial charge in [-0.15, -0.1) is 11.8 Å². The highest BCUT2D eigenvalue weighted by Crippen LogP contribution is 2.35. The Labute approximate surface area is 169 Å². The number of nitrogens with zero attached hydrogens (tertiary/aromatic N) is 3. The SMILES string of the molecule is CSc1ccc2ncnc(N3CCC4(CC3)CNCc3ccccc3O4)c2c1. The molecule has 2 aliphatic heterocycles. The van der Waals surface area contributed by atoms with Gasteiger partial charge in [0.05, 0.1) is 5.52 Å². The maximum absolute atomic E-state index is 6.57. The smallest absolute Gasteiger partial charge is 0.139 e. The van der Waals surface area contributed by atoms with Crippen LogP contribution in [0.5, 0.6) is 5.75 Å². The highest BCUT2D eigenvalue weighted by Gasteiger charge is 2.38. The van der Waals surface area contributed by atoms with Crippen molar-refractivity contribution in [3.8, 4) is 5.75 Å². The maximum atomic E-state index is 6.57. The molecule has 0 atom stereocenters. The molecule has 2 aliphatic rings. The number of para-hydroxylation sites is 1. The number of ether oxygens (including phenoxy) is 1. The molecule has 0 unspecified atom stereocenters. The molecule has 1 spiro atoms. The van der Waals surface area contributed by atoms with Gasteiger partial charge in [0, 0.05) is 54.9 Å². The summed E-state index contributed by atoms with van der Waals surface area (Å²) in [7, 11) is 0. The second-order valence-electron chi connectivity index (χ2n) is 7.56. The second-order valence-corrected chi connectivity index (χ2v) is 8.44. The van der Waals surface area contributed by atoms with Crippen LogP contribution in [-0.2, 0) is 6.54 Å². The number of hydrogen-bond donors (Lipinski definition) is 1. The van der Waals surface area contributed by atoms with E-state index in [0.717, 1.165) is 61.5 Å². The maximum Gasteiger partial charge on any atom is 0.139 e. The summed E-state index contributed by atoms with van der Waals surface area (Å²) in [4.78, 5) is 12.7. The van der Waals surface area contributed by atoms with Crippen LogP contribution in [0.3, 0.4) is 0 Å². The van der Waals surface area contributed by atoms with Crippen molar-refractivity contribution in [3.63, 3.8) is 0 Å². The van der Waals surface area contributed by atoms with Gasteiger partial charge in [0.25, 0.3) is 0 Å². The zero-order valence-electron chi connectivity index (χ0n) is 16.0. The third-order valence-corrected chi connectivity index (χ3v) is 6.58. The van der Waals surface area contributed by atoms with E-state index in [1.54, 1.807) is 18.1 Å². The van der Waals surface area contributed by atoms with Gasteiger partial charge in [0.2, 0.25) is 0 Å². The number of rotatable bonds is 2. The van der Waals surface area contributed by atoms with Gasteiger partial charge >= 0.3 is 0 Å². The Kier molecular flexibility index (Phi) is 4.61.